The third kappa shape index (κ3) is 2.76. The molecule has 0 atom stereocenters. The molecule has 0 amide bonds. The number of hydrogen-bond acceptors (Lipinski definition) is 2. The van der Waals surface area contributed by atoms with E-state index in [1.165, 1.54) is 5.57 Å². The quantitative estimate of drug-likeness (QED) is 0.386. The molecular weight excluding hydrogens is 138 g/mol. The molecule has 2 N–H and O–H groups in total. The van der Waals surface area contributed by atoms with Crippen molar-refractivity contribution in [3.05, 3.63) is 23.0 Å². The predicted octanol–water partition coefficient (Wildman–Crippen LogP) is 2.53. The molecule has 0 fully saturated rings. The smallest absolute Gasteiger partial charge is 0.148 e. The van der Waals surface area contributed by atoms with Crippen LogP contribution in [0.25, 0.3) is 0 Å². The maximum atomic E-state index is 5.13. The summed E-state index contributed by atoms with van der Waals surface area (Å²) in [6, 6.07) is 0. The van der Waals surface area contributed by atoms with Crippen molar-refractivity contribution in [1.82, 2.24) is 0 Å². The lowest BCUT2D eigenvalue weighted by Crippen LogP contribution is -2.02. The predicted molar refractivity (Wildman–Crippen MR) is 47.7 cm³/mol. The Hall–Kier alpha value is -0.760. The molecule has 11 heavy (non-hydrogen) atoms. The Morgan fingerprint density at radius 2 is 2.00 bits per heavy atom. The molecular formula is C9H17NO. The lowest BCUT2D eigenvalue weighted by atomic mass is 10.1. The fourth-order valence-corrected chi connectivity index (χ4v) is 0.822. The van der Waals surface area contributed by atoms with Crippen LogP contribution in [0.15, 0.2) is 23.0 Å². The number of hydrogen-bond donors (Lipinski definition) is 1. The van der Waals surface area contributed by atoms with Gasteiger partial charge in [0.2, 0.25) is 0 Å². The fourth-order valence-electron chi connectivity index (χ4n) is 0.822. The molecule has 64 valence electrons. The molecule has 0 aliphatic heterocycles. The summed E-state index contributed by atoms with van der Waals surface area (Å²) in [5, 5.41) is 0. The first-order valence-electron chi connectivity index (χ1n) is 3.87. The van der Waals surface area contributed by atoms with Crippen LogP contribution in [0.5, 0.6) is 0 Å². The van der Waals surface area contributed by atoms with Crippen LogP contribution in [0.2, 0.25) is 0 Å². The van der Waals surface area contributed by atoms with E-state index >= 15 is 0 Å². The first kappa shape index (κ1) is 10.2. The molecule has 0 spiro atoms. The molecule has 0 bridgehead atoms. The molecule has 2 heteroatoms. The van der Waals surface area contributed by atoms with Crippen molar-refractivity contribution in [3.63, 3.8) is 0 Å². The minimum atomic E-state index is 0.815. The van der Waals surface area contributed by atoms with E-state index in [0.29, 0.717) is 0 Å². The van der Waals surface area contributed by atoms with E-state index in [1.807, 2.05) is 26.8 Å². The van der Waals surface area contributed by atoms with E-state index in [-0.39, 0.29) is 0 Å². The Kier molecular flexibility index (Phi) is 4.62. The van der Waals surface area contributed by atoms with Crippen LogP contribution in [0, 0.1) is 0 Å². The summed E-state index contributed by atoms with van der Waals surface area (Å²) >= 11 is 0. The minimum Gasteiger partial charge on any atom is -0.411 e. The van der Waals surface area contributed by atoms with Gasteiger partial charge < -0.3 is 4.84 Å². The molecule has 0 saturated carbocycles. The molecule has 0 aromatic heterocycles. The summed E-state index contributed by atoms with van der Waals surface area (Å²) in [6.45, 7) is 8.06. The van der Waals surface area contributed by atoms with Crippen molar-refractivity contribution in [1.29, 1.82) is 0 Å². The highest BCUT2D eigenvalue weighted by molar-refractivity contribution is 5.27. The van der Waals surface area contributed by atoms with E-state index in [4.69, 9.17) is 10.7 Å². The second-order valence-electron chi connectivity index (χ2n) is 2.55. The van der Waals surface area contributed by atoms with Gasteiger partial charge in [0.15, 0.2) is 0 Å². The Bertz CT molecular complexity index is 180. The first-order chi connectivity index (χ1) is 5.17. The highest BCUT2D eigenvalue weighted by Crippen LogP contribution is 2.15. The maximum absolute atomic E-state index is 5.13. The van der Waals surface area contributed by atoms with Gasteiger partial charge in [0.05, 0.1) is 0 Å². The first-order valence-corrected chi connectivity index (χ1v) is 3.87. The lowest BCUT2D eigenvalue weighted by molar-refractivity contribution is 0.224. The average Bonchev–Trinajstić information content (AvgIpc) is 2.05. The third-order valence-electron chi connectivity index (χ3n) is 1.83. The summed E-state index contributed by atoms with van der Waals surface area (Å²) in [5.41, 5.74) is 2.27. The Morgan fingerprint density at radius 3 is 2.27 bits per heavy atom. The minimum absolute atomic E-state index is 0.815. The fraction of sp³-hybridized carbons (Fsp3) is 0.556. The van der Waals surface area contributed by atoms with Gasteiger partial charge in [-0.15, -0.1) is 0 Å². The molecule has 0 rings (SSSR count). The molecule has 0 aromatic rings. The number of rotatable bonds is 3. The SMILES string of the molecule is C/C=C(C)\C(ON)=C(\C)CC. The van der Waals surface area contributed by atoms with Gasteiger partial charge in [-0.25, -0.2) is 0 Å². The van der Waals surface area contributed by atoms with Crippen molar-refractivity contribution < 1.29 is 4.84 Å². The summed E-state index contributed by atoms with van der Waals surface area (Å²) in [6.07, 6.45) is 2.96. The maximum Gasteiger partial charge on any atom is 0.148 e. The van der Waals surface area contributed by atoms with Gasteiger partial charge in [-0.2, -0.15) is 5.90 Å². The Balaban J connectivity index is 4.65. The standard InChI is InChI=1S/C9H17NO/c1-5-7(3)9(11-10)8(4)6-2/h5H,6,10H2,1-4H3/b7-5-,9-8+. The van der Waals surface area contributed by atoms with Crippen molar-refractivity contribution in [2.24, 2.45) is 5.90 Å². The second-order valence-corrected chi connectivity index (χ2v) is 2.55. The van der Waals surface area contributed by atoms with Gasteiger partial charge >= 0.3 is 0 Å². The highest BCUT2D eigenvalue weighted by Gasteiger charge is 2.02. The normalized spacial score (nSPS) is 14.5. The van der Waals surface area contributed by atoms with E-state index in [1.54, 1.807) is 0 Å². The Labute approximate surface area is 68.7 Å². The van der Waals surface area contributed by atoms with E-state index in [0.717, 1.165) is 17.8 Å². The molecule has 0 saturated heterocycles. The van der Waals surface area contributed by atoms with Gasteiger partial charge in [0.1, 0.15) is 5.76 Å². The summed E-state index contributed by atoms with van der Waals surface area (Å²) < 4.78 is 0. The van der Waals surface area contributed by atoms with Gasteiger partial charge in [0.25, 0.3) is 0 Å². The zero-order valence-electron chi connectivity index (χ0n) is 7.77. The molecule has 0 aliphatic carbocycles. The molecule has 0 unspecified atom stereocenters. The monoisotopic (exact) mass is 155 g/mol. The number of nitrogens with two attached hydrogens (primary N) is 1. The molecule has 0 heterocycles. The van der Waals surface area contributed by atoms with Gasteiger partial charge in [-0.3, -0.25) is 0 Å². The van der Waals surface area contributed by atoms with Crippen LogP contribution in [0.3, 0.4) is 0 Å². The van der Waals surface area contributed by atoms with Crippen molar-refractivity contribution in [2.75, 3.05) is 0 Å². The van der Waals surface area contributed by atoms with E-state index in [2.05, 4.69) is 6.92 Å². The van der Waals surface area contributed by atoms with Crippen LogP contribution in [0.4, 0.5) is 0 Å². The molecule has 0 aliphatic rings. The second kappa shape index (κ2) is 4.97. The van der Waals surface area contributed by atoms with Gasteiger partial charge in [-0.05, 0) is 38.3 Å². The van der Waals surface area contributed by atoms with Crippen LogP contribution in [-0.2, 0) is 4.84 Å². The lowest BCUT2D eigenvalue weighted by Gasteiger charge is -2.08. The number of allylic oxidation sites excluding steroid dienone is 3. The van der Waals surface area contributed by atoms with Crippen molar-refractivity contribution in [2.45, 2.75) is 34.1 Å². The van der Waals surface area contributed by atoms with Crippen LogP contribution < -0.4 is 5.90 Å². The van der Waals surface area contributed by atoms with Gasteiger partial charge in [-0.1, -0.05) is 13.0 Å². The van der Waals surface area contributed by atoms with E-state index < -0.39 is 0 Å². The summed E-state index contributed by atoms with van der Waals surface area (Å²) in [7, 11) is 0. The summed E-state index contributed by atoms with van der Waals surface area (Å²) in [4.78, 5) is 4.77. The van der Waals surface area contributed by atoms with Crippen molar-refractivity contribution >= 4 is 0 Å². The molecule has 2 nitrogen and oxygen atoms in total. The van der Waals surface area contributed by atoms with Gasteiger partial charge in [0, 0.05) is 0 Å². The topological polar surface area (TPSA) is 35.2 Å². The van der Waals surface area contributed by atoms with Crippen LogP contribution in [0.1, 0.15) is 34.1 Å². The van der Waals surface area contributed by atoms with Crippen LogP contribution in [-0.4, -0.2) is 0 Å². The summed E-state index contributed by atoms with van der Waals surface area (Å²) in [5.74, 6) is 5.94. The largest absolute Gasteiger partial charge is 0.411 e. The Morgan fingerprint density at radius 1 is 1.45 bits per heavy atom. The van der Waals surface area contributed by atoms with Crippen LogP contribution >= 0.6 is 0 Å². The average molecular weight is 155 g/mol. The zero-order valence-corrected chi connectivity index (χ0v) is 7.77. The molecule has 0 aromatic carbocycles. The van der Waals surface area contributed by atoms with Crippen molar-refractivity contribution in [3.8, 4) is 0 Å². The highest BCUT2D eigenvalue weighted by atomic mass is 16.6. The molecule has 0 radical (unpaired) electrons. The van der Waals surface area contributed by atoms with E-state index in [9.17, 15) is 0 Å². The third-order valence-corrected chi connectivity index (χ3v) is 1.83. The zero-order chi connectivity index (χ0) is 8.85.